The van der Waals surface area contributed by atoms with E-state index < -0.39 is 10.8 Å². The molecule has 108 valence electrons. The van der Waals surface area contributed by atoms with Crippen LogP contribution < -0.4 is 5.43 Å². The molecule has 0 fully saturated rings. The SMILES string of the molecule is C/C(=N/NC(=O)c1ccoc1C)c1ccccc1[N+](=O)[O-]. The molecule has 1 heterocycles. The van der Waals surface area contributed by atoms with E-state index in [0.717, 1.165) is 0 Å². The van der Waals surface area contributed by atoms with Gasteiger partial charge in [-0.15, -0.1) is 0 Å². The number of nitro groups is 1. The summed E-state index contributed by atoms with van der Waals surface area (Å²) in [6.07, 6.45) is 1.41. The first kappa shape index (κ1) is 14.4. The number of amides is 1. The summed E-state index contributed by atoms with van der Waals surface area (Å²) in [5, 5.41) is 14.9. The molecule has 0 saturated carbocycles. The van der Waals surface area contributed by atoms with Gasteiger partial charge in [0.2, 0.25) is 0 Å². The van der Waals surface area contributed by atoms with Gasteiger partial charge in [0.1, 0.15) is 5.76 Å². The van der Waals surface area contributed by atoms with E-state index in [1.165, 1.54) is 18.4 Å². The Morgan fingerprint density at radius 2 is 2.00 bits per heavy atom. The number of carbonyl (C=O) groups is 1. The molecule has 0 atom stereocenters. The van der Waals surface area contributed by atoms with E-state index in [1.54, 1.807) is 32.0 Å². The Balaban J connectivity index is 2.21. The third-order valence-corrected chi connectivity index (χ3v) is 2.92. The molecule has 7 heteroatoms. The number of nitrogens with one attached hydrogen (secondary N) is 1. The summed E-state index contributed by atoms with van der Waals surface area (Å²) < 4.78 is 5.03. The van der Waals surface area contributed by atoms with Gasteiger partial charge < -0.3 is 4.42 Å². The molecule has 0 spiro atoms. The van der Waals surface area contributed by atoms with Crippen LogP contribution in [0.15, 0.2) is 46.1 Å². The summed E-state index contributed by atoms with van der Waals surface area (Å²) in [7, 11) is 0. The normalized spacial score (nSPS) is 11.2. The number of aryl methyl sites for hydroxylation is 1. The molecule has 1 aromatic carbocycles. The Bertz CT molecular complexity index is 719. The standard InChI is InChI=1S/C14H13N3O4/c1-9(11-5-3-4-6-13(11)17(19)20)15-16-14(18)12-7-8-21-10(12)2/h3-8H,1-2H3,(H,16,18)/b15-9-. The zero-order chi connectivity index (χ0) is 15.4. The van der Waals surface area contributed by atoms with Crippen molar-refractivity contribution in [2.45, 2.75) is 13.8 Å². The second-order valence-corrected chi connectivity index (χ2v) is 4.30. The fourth-order valence-corrected chi connectivity index (χ4v) is 1.81. The molecule has 21 heavy (non-hydrogen) atoms. The lowest BCUT2D eigenvalue weighted by atomic mass is 10.1. The molecule has 0 aliphatic rings. The zero-order valence-electron chi connectivity index (χ0n) is 11.5. The Labute approximate surface area is 120 Å². The van der Waals surface area contributed by atoms with Crippen molar-refractivity contribution >= 4 is 17.3 Å². The number of hydrazone groups is 1. The lowest BCUT2D eigenvalue weighted by Gasteiger charge is -2.03. The first-order valence-electron chi connectivity index (χ1n) is 6.13. The van der Waals surface area contributed by atoms with E-state index >= 15 is 0 Å². The van der Waals surface area contributed by atoms with E-state index in [0.29, 0.717) is 22.6 Å². The van der Waals surface area contributed by atoms with Crippen molar-refractivity contribution in [3.8, 4) is 0 Å². The van der Waals surface area contributed by atoms with Crippen molar-refractivity contribution in [3.05, 3.63) is 63.6 Å². The number of furan rings is 1. The van der Waals surface area contributed by atoms with E-state index in [2.05, 4.69) is 10.5 Å². The van der Waals surface area contributed by atoms with Gasteiger partial charge in [-0.05, 0) is 26.0 Å². The van der Waals surface area contributed by atoms with Gasteiger partial charge in [-0.3, -0.25) is 14.9 Å². The maximum Gasteiger partial charge on any atom is 0.278 e. The van der Waals surface area contributed by atoms with Crippen LogP contribution in [0.4, 0.5) is 5.69 Å². The lowest BCUT2D eigenvalue weighted by molar-refractivity contribution is -0.385. The highest BCUT2D eigenvalue weighted by molar-refractivity contribution is 6.03. The highest BCUT2D eigenvalue weighted by Gasteiger charge is 2.15. The molecule has 7 nitrogen and oxygen atoms in total. The second kappa shape index (κ2) is 6.00. The molecule has 2 rings (SSSR count). The first-order chi connectivity index (χ1) is 10.0. The summed E-state index contributed by atoms with van der Waals surface area (Å²) in [6, 6.07) is 7.73. The topological polar surface area (TPSA) is 97.7 Å². The number of para-hydroxylation sites is 1. The summed E-state index contributed by atoms with van der Waals surface area (Å²) in [4.78, 5) is 22.3. The largest absolute Gasteiger partial charge is 0.469 e. The van der Waals surface area contributed by atoms with Crippen LogP contribution in [0.1, 0.15) is 28.6 Å². The number of carbonyl (C=O) groups excluding carboxylic acids is 1. The third-order valence-electron chi connectivity index (χ3n) is 2.92. The predicted octanol–water partition coefficient (Wildman–Crippen LogP) is 2.65. The lowest BCUT2D eigenvalue weighted by Crippen LogP contribution is -2.19. The number of nitro benzene ring substituents is 1. The monoisotopic (exact) mass is 287 g/mol. The Hall–Kier alpha value is -2.96. The van der Waals surface area contributed by atoms with E-state index in [9.17, 15) is 14.9 Å². The van der Waals surface area contributed by atoms with Crippen molar-refractivity contribution < 1.29 is 14.1 Å². The van der Waals surface area contributed by atoms with Crippen LogP contribution in [0.25, 0.3) is 0 Å². The van der Waals surface area contributed by atoms with E-state index in [-0.39, 0.29) is 5.69 Å². The van der Waals surface area contributed by atoms with Crippen molar-refractivity contribution in [2.24, 2.45) is 5.10 Å². The molecule has 0 bridgehead atoms. The minimum absolute atomic E-state index is 0.0625. The number of benzene rings is 1. The van der Waals surface area contributed by atoms with Gasteiger partial charge in [-0.2, -0.15) is 5.10 Å². The predicted molar refractivity (Wildman–Crippen MR) is 76.2 cm³/mol. The Morgan fingerprint density at radius 1 is 1.29 bits per heavy atom. The molecule has 0 saturated heterocycles. The summed E-state index contributed by atoms with van der Waals surface area (Å²) in [5.41, 5.74) is 3.36. The first-order valence-corrected chi connectivity index (χ1v) is 6.13. The second-order valence-electron chi connectivity index (χ2n) is 4.30. The van der Waals surface area contributed by atoms with Gasteiger partial charge in [0.05, 0.1) is 28.0 Å². The third kappa shape index (κ3) is 3.14. The number of nitrogens with zero attached hydrogens (tertiary/aromatic N) is 2. The minimum atomic E-state index is -0.490. The van der Waals surface area contributed by atoms with Gasteiger partial charge in [0, 0.05) is 6.07 Å². The van der Waals surface area contributed by atoms with Crippen LogP contribution in [0.2, 0.25) is 0 Å². The van der Waals surface area contributed by atoms with E-state index in [4.69, 9.17) is 4.42 Å². The molecule has 0 aliphatic carbocycles. The number of hydrogen-bond donors (Lipinski definition) is 1. The fraction of sp³-hybridized carbons (Fsp3) is 0.143. The molecule has 0 radical (unpaired) electrons. The molecule has 0 aliphatic heterocycles. The van der Waals surface area contributed by atoms with Gasteiger partial charge in [0.15, 0.2) is 0 Å². The maximum absolute atomic E-state index is 11.9. The van der Waals surface area contributed by atoms with Crippen LogP contribution in [-0.4, -0.2) is 16.5 Å². The van der Waals surface area contributed by atoms with Crippen molar-refractivity contribution in [2.75, 3.05) is 0 Å². The highest BCUT2D eigenvalue weighted by Crippen LogP contribution is 2.18. The minimum Gasteiger partial charge on any atom is -0.469 e. The number of hydrogen-bond acceptors (Lipinski definition) is 5. The average molecular weight is 287 g/mol. The molecular weight excluding hydrogens is 274 g/mol. The van der Waals surface area contributed by atoms with Crippen LogP contribution in [-0.2, 0) is 0 Å². The average Bonchev–Trinajstić information content (AvgIpc) is 2.90. The summed E-state index contributed by atoms with van der Waals surface area (Å²) >= 11 is 0. The quantitative estimate of drug-likeness (QED) is 0.531. The molecule has 1 amide bonds. The van der Waals surface area contributed by atoms with Gasteiger partial charge in [-0.25, -0.2) is 5.43 Å². The smallest absolute Gasteiger partial charge is 0.278 e. The molecule has 2 aromatic rings. The summed E-state index contributed by atoms with van der Waals surface area (Å²) in [5.74, 6) is 0.0465. The maximum atomic E-state index is 11.9. The Morgan fingerprint density at radius 3 is 2.62 bits per heavy atom. The van der Waals surface area contributed by atoms with Crippen LogP contribution in [0, 0.1) is 17.0 Å². The molecular formula is C14H13N3O4. The van der Waals surface area contributed by atoms with Gasteiger partial charge in [0.25, 0.3) is 11.6 Å². The zero-order valence-corrected chi connectivity index (χ0v) is 11.5. The molecule has 0 unspecified atom stereocenters. The summed E-state index contributed by atoms with van der Waals surface area (Å²) in [6.45, 7) is 3.25. The van der Waals surface area contributed by atoms with Gasteiger partial charge >= 0.3 is 0 Å². The van der Waals surface area contributed by atoms with Crippen molar-refractivity contribution in [1.29, 1.82) is 0 Å². The molecule has 1 N–H and O–H groups in total. The highest BCUT2D eigenvalue weighted by atomic mass is 16.6. The molecule has 1 aromatic heterocycles. The van der Waals surface area contributed by atoms with E-state index in [1.807, 2.05) is 0 Å². The Kier molecular flexibility index (Phi) is 4.13. The van der Waals surface area contributed by atoms with Crippen molar-refractivity contribution in [1.82, 2.24) is 5.43 Å². The fourth-order valence-electron chi connectivity index (χ4n) is 1.81. The van der Waals surface area contributed by atoms with Gasteiger partial charge in [-0.1, -0.05) is 12.1 Å². The number of rotatable bonds is 4. The van der Waals surface area contributed by atoms with Crippen LogP contribution in [0.3, 0.4) is 0 Å². The van der Waals surface area contributed by atoms with Crippen LogP contribution in [0.5, 0.6) is 0 Å². The van der Waals surface area contributed by atoms with Crippen LogP contribution >= 0.6 is 0 Å². The van der Waals surface area contributed by atoms with Crippen molar-refractivity contribution in [3.63, 3.8) is 0 Å².